The second-order valence-corrected chi connectivity index (χ2v) is 0. The monoisotopic (exact) mass is 314 g/mol. The maximum atomic E-state index is 0. The maximum Gasteiger partial charge on any atom is 0 e. The van der Waals surface area contributed by atoms with Crippen LogP contribution >= 0.6 is 0 Å². The normalized spacial score (nSPS) is 0. The van der Waals surface area contributed by atoms with Gasteiger partial charge in [-0.3, -0.25) is 9.41 Å². The second-order valence-electron chi connectivity index (χ2n) is 0. The van der Waals surface area contributed by atoms with Crippen molar-refractivity contribution in [1.29, 1.82) is 0 Å². The van der Waals surface area contributed by atoms with E-state index < -0.39 is 0 Å². The van der Waals surface area contributed by atoms with E-state index in [0.29, 0.717) is 0 Å². The Hall–Kier alpha value is 1.34. The largest absolute Gasteiger partial charge is 0.269 e. The SMILES string of the molecule is F.F.[Nb].[Ta]. The van der Waals surface area contributed by atoms with Gasteiger partial charge < -0.3 is 0 Å². The van der Waals surface area contributed by atoms with Crippen LogP contribution in [-0.4, -0.2) is 0 Å². The first-order chi connectivity index (χ1) is 0. The van der Waals surface area contributed by atoms with Crippen LogP contribution in [0.4, 0.5) is 9.41 Å². The fourth-order valence-electron chi connectivity index (χ4n) is 0. The molecule has 0 aromatic heterocycles. The van der Waals surface area contributed by atoms with Crippen LogP contribution in [0.3, 0.4) is 0 Å². The molecule has 0 spiro atoms. The predicted molar refractivity (Wildman–Crippen MR) is 5.01 cm³/mol. The summed E-state index contributed by atoms with van der Waals surface area (Å²) in [6, 6.07) is 0. The maximum absolute atomic E-state index is 0. The summed E-state index contributed by atoms with van der Waals surface area (Å²) in [7, 11) is 0. The van der Waals surface area contributed by atoms with Gasteiger partial charge in [0.05, 0.1) is 0 Å². The molecule has 0 bridgehead atoms. The fraction of sp³-hybridized carbons (Fsp3) is 0. The molecule has 0 rings (SSSR count). The predicted octanol–water partition coefficient (Wildman–Crippen LogP) is 0.300. The molecule has 0 aliphatic rings. The average molecular weight is 314 g/mol. The summed E-state index contributed by atoms with van der Waals surface area (Å²) >= 11 is 0. The Kier molecular flexibility index (Phi) is 377. The van der Waals surface area contributed by atoms with Crippen molar-refractivity contribution in [3.8, 4) is 0 Å². The number of hydrogen-bond acceptors (Lipinski definition) is 0. The van der Waals surface area contributed by atoms with E-state index in [-0.39, 0.29) is 54.2 Å². The summed E-state index contributed by atoms with van der Waals surface area (Å²) in [6.45, 7) is 0. The van der Waals surface area contributed by atoms with E-state index in [9.17, 15) is 0 Å². The van der Waals surface area contributed by atoms with E-state index in [2.05, 4.69) is 0 Å². The van der Waals surface area contributed by atoms with E-state index in [4.69, 9.17) is 0 Å². The van der Waals surface area contributed by atoms with Crippen molar-refractivity contribution in [2.24, 2.45) is 0 Å². The Labute approximate surface area is 54.1 Å². The molecule has 0 nitrogen and oxygen atoms in total. The Balaban J connectivity index is 0. The van der Waals surface area contributed by atoms with Gasteiger partial charge >= 0.3 is 0 Å². The van der Waals surface area contributed by atoms with Crippen LogP contribution in [0.2, 0.25) is 0 Å². The minimum atomic E-state index is 0. The van der Waals surface area contributed by atoms with Crippen molar-refractivity contribution in [2.75, 3.05) is 0 Å². The summed E-state index contributed by atoms with van der Waals surface area (Å²) in [5, 5.41) is 0. The summed E-state index contributed by atoms with van der Waals surface area (Å²) in [5.41, 5.74) is 0. The van der Waals surface area contributed by atoms with Gasteiger partial charge in [-0.25, -0.2) is 0 Å². The van der Waals surface area contributed by atoms with Crippen molar-refractivity contribution >= 4 is 0 Å². The zero-order chi connectivity index (χ0) is 0. The molecule has 0 aliphatic heterocycles. The molecule has 4 heteroatoms. The van der Waals surface area contributed by atoms with Crippen molar-refractivity contribution in [3.63, 3.8) is 0 Å². The molecule has 0 saturated carbocycles. The second kappa shape index (κ2) is 27.0. The van der Waals surface area contributed by atoms with E-state index in [1.165, 1.54) is 0 Å². The zero-order valence-electron chi connectivity index (χ0n) is 1.71. The summed E-state index contributed by atoms with van der Waals surface area (Å²) < 4.78 is 0. The van der Waals surface area contributed by atoms with Crippen molar-refractivity contribution < 1.29 is 54.2 Å². The van der Waals surface area contributed by atoms with Gasteiger partial charge in [0.15, 0.2) is 0 Å². The van der Waals surface area contributed by atoms with Gasteiger partial charge in [0, 0.05) is 44.8 Å². The van der Waals surface area contributed by atoms with E-state index in [1.807, 2.05) is 0 Å². The topological polar surface area (TPSA) is 0 Å². The summed E-state index contributed by atoms with van der Waals surface area (Å²) in [4.78, 5) is 0. The van der Waals surface area contributed by atoms with Gasteiger partial charge in [-0.1, -0.05) is 0 Å². The van der Waals surface area contributed by atoms with Gasteiger partial charge in [0.2, 0.25) is 0 Å². The smallest absolute Gasteiger partial charge is 0 e. The first-order valence-electron chi connectivity index (χ1n) is 0. The van der Waals surface area contributed by atoms with Gasteiger partial charge in [-0.05, 0) is 0 Å². The van der Waals surface area contributed by atoms with Crippen molar-refractivity contribution in [1.82, 2.24) is 0 Å². The van der Waals surface area contributed by atoms with Crippen LogP contribution in [0.1, 0.15) is 0 Å². The molecular formula is H2F2NbTa. The minimum absolute atomic E-state index is 0. The van der Waals surface area contributed by atoms with Gasteiger partial charge in [0.1, 0.15) is 0 Å². The van der Waals surface area contributed by atoms with E-state index in [0.717, 1.165) is 0 Å². The Morgan fingerprint density at radius 2 is 0.750 bits per heavy atom. The molecule has 0 saturated heterocycles. The third-order valence-corrected chi connectivity index (χ3v) is 0. The van der Waals surface area contributed by atoms with Crippen molar-refractivity contribution in [2.45, 2.75) is 0 Å². The molecule has 0 unspecified atom stereocenters. The molecule has 0 atom stereocenters. The van der Waals surface area contributed by atoms with Crippen LogP contribution < -0.4 is 0 Å². The molecule has 4 heavy (non-hydrogen) atoms. The first kappa shape index (κ1) is 56.0. The van der Waals surface area contributed by atoms with Gasteiger partial charge in [0.25, 0.3) is 0 Å². The molecule has 0 aromatic carbocycles. The molecule has 0 aromatic rings. The molecule has 2 radical (unpaired) electrons. The van der Waals surface area contributed by atoms with Gasteiger partial charge in [-0.2, -0.15) is 0 Å². The summed E-state index contributed by atoms with van der Waals surface area (Å²) in [6.07, 6.45) is 0. The molecule has 26 valence electrons. The molecule has 0 N–H and O–H groups in total. The average Bonchev–Trinajstić information content (AvgIpc) is 0. The Morgan fingerprint density at radius 1 is 0.750 bits per heavy atom. The molecule has 0 aliphatic carbocycles. The van der Waals surface area contributed by atoms with E-state index in [1.54, 1.807) is 0 Å². The van der Waals surface area contributed by atoms with Crippen LogP contribution in [0.5, 0.6) is 0 Å². The minimum Gasteiger partial charge on any atom is -0.269 e. The standard InChI is InChI=1S/2FH.Nb.Ta/h2*1H;;. The molecule has 0 fully saturated rings. The number of hydrogen-bond donors (Lipinski definition) is 0. The van der Waals surface area contributed by atoms with E-state index >= 15 is 0 Å². The van der Waals surface area contributed by atoms with Crippen LogP contribution in [-0.2, 0) is 44.8 Å². The van der Waals surface area contributed by atoms with Crippen LogP contribution in [0.15, 0.2) is 0 Å². The molecular weight excluding hydrogens is 312 g/mol. The Morgan fingerprint density at radius 3 is 0.750 bits per heavy atom. The quantitative estimate of drug-likeness (QED) is 0.564. The van der Waals surface area contributed by atoms with Crippen LogP contribution in [0.25, 0.3) is 0 Å². The van der Waals surface area contributed by atoms with Gasteiger partial charge in [-0.15, -0.1) is 0 Å². The molecule has 0 amide bonds. The third-order valence-electron chi connectivity index (χ3n) is 0. The van der Waals surface area contributed by atoms with Crippen LogP contribution in [0, 0.1) is 0 Å². The fourth-order valence-corrected chi connectivity index (χ4v) is 0. The molecule has 0 heterocycles. The Bertz CT molecular complexity index is 6.00. The zero-order valence-corrected chi connectivity index (χ0v) is 7.12. The van der Waals surface area contributed by atoms with Crippen molar-refractivity contribution in [3.05, 3.63) is 0 Å². The first-order valence-corrected chi connectivity index (χ1v) is 0. The number of rotatable bonds is 0. The third kappa shape index (κ3) is 10.2. The summed E-state index contributed by atoms with van der Waals surface area (Å²) in [5.74, 6) is 0. The number of halogens is 2.